The number of fused-ring (bicyclic) bond motifs is 1. The fourth-order valence-corrected chi connectivity index (χ4v) is 3.72. The van der Waals surface area contributed by atoms with E-state index in [9.17, 15) is 0 Å². The van der Waals surface area contributed by atoms with Gasteiger partial charge in [0.25, 0.3) is 0 Å². The minimum Gasteiger partial charge on any atom is -0.385 e. The predicted molar refractivity (Wildman–Crippen MR) is 65.7 cm³/mol. The summed E-state index contributed by atoms with van der Waals surface area (Å²) in [5.41, 5.74) is 3.07. The SMILES string of the molecule is COCCC(C)C(NN)C1C2CCCCC21. The third-order valence-corrected chi connectivity index (χ3v) is 4.72. The van der Waals surface area contributed by atoms with Crippen molar-refractivity contribution in [1.82, 2.24) is 5.43 Å². The van der Waals surface area contributed by atoms with Crippen LogP contribution < -0.4 is 11.3 Å². The van der Waals surface area contributed by atoms with Crippen LogP contribution in [0.2, 0.25) is 0 Å². The number of hydrogen-bond donors (Lipinski definition) is 2. The molecular weight excluding hydrogens is 200 g/mol. The van der Waals surface area contributed by atoms with Gasteiger partial charge in [-0.15, -0.1) is 0 Å². The van der Waals surface area contributed by atoms with Crippen molar-refractivity contribution in [3.05, 3.63) is 0 Å². The summed E-state index contributed by atoms with van der Waals surface area (Å²) in [5, 5.41) is 0. The number of hydrogen-bond acceptors (Lipinski definition) is 3. The fourth-order valence-electron chi connectivity index (χ4n) is 3.72. The molecule has 0 aromatic carbocycles. The minimum atomic E-state index is 0.503. The Morgan fingerprint density at radius 1 is 1.31 bits per heavy atom. The average Bonchev–Trinajstić information content (AvgIpc) is 3.02. The van der Waals surface area contributed by atoms with Crippen LogP contribution in [0.3, 0.4) is 0 Å². The number of rotatable bonds is 6. The molecule has 2 rings (SSSR count). The molecule has 3 heteroatoms. The zero-order valence-corrected chi connectivity index (χ0v) is 10.6. The number of hydrazine groups is 1. The summed E-state index contributed by atoms with van der Waals surface area (Å²) in [6.07, 6.45) is 6.85. The number of nitrogens with one attached hydrogen (secondary N) is 1. The van der Waals surface area contributed by atoms with Crippen LogP contribution >= 0.6 is 0 Å². The molecule has 0 amide bonds. The molecule has 2 aliphatic carbocycles. The van der Waals surface area contributed by atoms with Crippen molar-refractivity contribution in [1.29, 1.82) is 0 Å². The topological polar surface area (TPSA) is 47.3 Å². The Balaban J connectivity index is 1.85. The van der Waals surface area contributed by atoms with E-state index in [1.54, 1.807) is 7.11 Å². The maximum absolute atomic E-state index is 5.75. The van der Waals surface area contributed by atoms with Gasteiger partial charge in [0, 0.05) is 19.8 Å². The van der Waals surface area contributed by atoms with E-state index in [1.807, 2.05) is 0 Å². The highest BCUT2D eigenvalue weighted by Crippen LogP contribution is 2.57. The lowest BCUT2D eigenvalue weighted by Gasteiger charge is -2.23. The van der Waals surface area contributed by atoms with Crippen LogP contribution in [0, 0.1) is 23.7 Å². The molecule has 0 aromatic heterocycles. The zero-order valence-electron chi connectivity index (χ0n) is 10.6. The standard InChI is InChI=1S/C13H26N2O/c1-9(7-8-16-2)13(15-14)12-10-5-3-4-6-11(10)12/h9-13,15H,3-8,14H2,1-2H3. The molecule has 94 valence electrons. The Bertz CT molecular complexity index is 210. The molecule has 2 saturated carbocycles. The molecule has 2 aliphatic rings. The molecule has 3 nitrogen and oxygen atoms in total. The summed E-state index contributed by atoms with van der Waals surface area (Å²) in [7, 11) is 1.77. The summed E-state index contributed by atoms with van der Waals surface area (Å²) in [6.45, 7) is 3.15. The Kier molecular flexibility index (Phi) is 4.22. The van der Waals surface area contributed by atoms with Gasteiger partial charge in [0.1, 0.15) is 0 Å². The molecule has 0 heterocycles. The molecule has 0 bridgehead atoms. The molecule has 16 heavy (non-hydrogen) atoms. The highest BCUT2D eigenvalue weighted by molar-refractivity contribution is 5.05. The largest absolute Gasteiger partial charge is 0.385 e. The van der Waals surface area contributed by atoms with Gasteiger partial charge in [0.15, 0.2) is 0 Å². The van der Waals surface area contributed by atoms with E-state index in [-0.39, 0.29) is 0 Å². The summed E-state index contributed by atoms with van der Waals surface area (Å²) < 4.78 is 5.16. The fraction of sp³-hybridized carbons (Fsp3) is 1.00. The molecular formula is C13H26N2O. The van der Waals surface area contributed by atoms with E-state index in [2.05, 4.69) is 12.3 Å². The summed E-state index contributed by atoms with van der Waals surface area (Å²) in [4.78, 5) is 0. The first kappa shape index (κ1) is 12.3. The molecule has 0 aromatic rings. The lowest BCUT2D eigenvalue weighted by Crippen LogP contribution is -2.42. The van der Waals surface area contributed by atoms with Crippen molar-refractivity contribution in [2.45, 2.75) is 45.1 Å². The van der Waals surface area contributed by atoms with Crippen molar-refractivity contribution >= 4 is 0 Å². The molecule has 2 fully saturated rings. The molecule has 0 saturated heterocycles. The molecule has 0 aliphatic heterocycles. The van der Waals surface area contributed by atoms with Gasteiger partial charge in [0.05, 0.1) is 0 Å². The predicted octanol–water partition coefficient (Wildman–Crippen LogP) is 1.93. The first-order chi connectivity index (χ1) is 7.79. The molecule has 3 N–H and O–H groups in total. The monoisotopic (exact) mass is 226 g/mol. The van der Waals surface area contributed by atoms with Crippen molar-refractivity contribution in [2.24, 2.45) is 29.5 Å². The van der Waals surface area contributed by atoms with Crippen LogP contribution in [-0.2, 0) is 4.74 Å². The second-order valence-electron chi connectivity index (χ2n) is 5.64. The van der Waals surface area contributed by atoms with Crippen LogP contribution in [0.5, 0.6) is 0 Å². The van der Waals surface area contributed by atoms with Gasteiger partial charge in [-0.05, 0) is 42.9 Å². The second kappa shape index (κ2) is 5.48. The first-order valence-electron chi connectivity index (χ1n) is 6.74. The van der Waals surface area contributed by atoms with Crippen molar-refractivity contribution in [3.63, 3.8) is 0 Å². The molecule has 4 unspecified atom stereocenters. The van der Waals surface area contributed by atoms with Crippen LogP contribution in [0.15, 0.2) is 0 Å². The molecule has 4 atom stereocenters. The van der Waals surface area contributed by atoms with Crippen molar-refractivity contribution in [3.8, 4) is 0 Å². The maximum atomic E-state index is 5.75. The lowest BCUT2D eigenvalue weighted by molar-refractivity contribution is 0.165. The highest BCUT2D eigenvalue weighted by atomic mass is 16.5. The van der Waals surface area contributed by atoms with Crippen LogP contribution in [0.1, 0.15) is 39.0 Å². The smallest absolute Gasteiger partial charge is 0.0465 e. The highest BCUT2D eigenvalue weighted by Gasteiger charge is 2.54. The minimum absolute atomic E-state index is 0.503. The third-order valence-electron chi connectivity index (χ3n) is 4.72. The van der Waals surface area contributed by atoms with Gasteiger partial charge < -0.3 is 4.74 Å². The zero-order chi connectivity index (χ0) is 11.5. The van der Waals surface area contributed by atoms with Gasteiger partial charge in [0.2, 0.25) is 0 Å². The number of methoxy groups -OCH3 is 1. The van der Waals surface area contributed by atoms with Gasteiger partial charge in [-0.1, -0.05) is 19.8 Å². The van der Waals surface area contributed by atoms with Crippen LogP contribution in [0.4, 0.5) is 0 Å². The van der Waals surface area contributed by atoms with Crippen molar-refractivity contribution in [2.75, 3.05) is 13.7 Å². The van der Waals surface area contributed by atoms with Crippen LogP contribution in [0.25, 0.3) is 0 Å². The average molecular weight is 226 g/mol. The van der Waals surface area contributed by atoms with E-state index in [0.717, 1.165) is 30.8 Å². The second-order valence-corrected chi connectivity index (χ2v) is 5.64. The van der Waals surface area contributed by atoms with E-state index >= 15 is 0 Å². The van der Waals surface area contributed by atoms with Gasteiger partial charge in [-0.2, -0.15) is 0 Å². The number of nitrogens with two attached hydrogens (primary N) is 1. The quantitative estimate of drug-likeness (QED) is 0.537. The van der Waals surface area contributed by atoms with Crippen molar-refractivity contribution < 1.29 is 4.74 Å². The third kappa shape index (κ3) is 2.41. The summed E-state index contributed by atoms with van der Waals surface area (Å²) >= 11 is 0. The normalized spacial score (nSPS) is 36.6. The van der Waals surface area contributed by atoms with E-state index in [4.69, 9.17) is 10.6 Å². The molecule has 0 spiro atoms. The Hall–Kier alpha value is -0.120. The van der Waals surface area contributed by atoms with Gasteiger partial charge in [-0.3, -0.25) is 11.3 Å². The Morgan fingerprint density at radius 3 is 2.44 bits per heavy atom. The van der Waals surface area contributed by atoms with Crippen LogP contribution in [-0.4, -0.2) is 19.8 Å². The maximum Gasteiger partial charge on any atom is 0.0465 e. The molecule has 0 radical (unpaired) electrons. The van der Waals surface area contributed by atoms with Gasteiger partial charge in [-0.25, -0.2) is 0 Å². The van der Waals surface area contributed by atoms with Gasteiger partial charge >= 0.3 is 0 Å². The van der Waals surface area contributed by atoms with E-state index < -0.39 is 0 Å². The Labute approximate surface area is 99.1 Å². The lowest BCUT2D eigenvalue weighted by atomic mass is 9.93. The summed E-state index contributed by atoms with van der Waals surface area (Å²) in [6, 6.07) is 0.503. The van der Waals surface area contributed by atoms with E-state index in [0.29, 0.717) is 12.0 Å². The summed E-state index contributed by atoms with van der Waals surface area (Å²) in [5.74, 6) is 9.17. The number of ether oxygens (including phenoxy) is 1. The van der Waals surface area contributed by atoms with E-state index in [1.165, 1.54) is 25.7 Å². The Morgan fingerprint density at radius 2 is 1.94 bits per heavy atom. The first-order valence-corrected chi connectivity index (χ1v) is 6.74.